The molecule has 1 fully saturated rings. The van der Waals surface area contributed by atoms with Crippen LogP contribution in [-0.4, -0.2) is 34.2 Å². The summed E-state index contributed by atoms with van der Waals surface area (Å²) in [6.07, 6.45) is 8.32. The molecule has 3 aliphatic heterocycles. The van der Waals surface area contributed by atoms with E-state index in [0.717, 1.165) is 49.2 Å². The molecule has 34 heavy (non-hydrogen) atoms. The van der Waals surface area contributed by atoms with Gasteiger partial charge in [0.25, 0.3) is 0 Å². The van der Waals surface area contributed by atoms with Gasteiger partial charge in [-0.2, -0.15) is 4.98 Å². The molecule has 5 rings (SSSR count). The first-order valence-electron chi connectivity index (χ1n) is 12.2. The van der Waals surface area contributed by atoms with Gasteiger partial charge in [0, 0.05) is 11.8 Å². The third-order valence-corrected chi connectivity index (χ3v) is 6.54. The van der Waals surface area contributed by atoms with Crippen molar-refractivity contribution in [1.29, 1.82) is 0 Å². The highest BCUT2D eigenvalue weighted by molar-refractivity contribution is 5.68. The first-order valence-corrected chi connectivity index (χ1v) is 12.2. The maximum atomic E-state index is 6.17. The Kier molecular flexibility index (Phi) is 7.56. The molecule has 0 radical (unpaired) electrons. The molecule has 4 heterocycles. The largest absolute Gasteiger partial charge is 0.372 e. The molecule has 2 aromatic rings. The first kappa shape index (κ1) is 23.9. The number of hydrogen-bond acceptors (Lipinski definition) is 7. The zero-order valence-electron chi connectivity index (χ0n) is 20.3. The minimum absolute atomic E-state index is 0.0452. The molecule has 0 aliphatic carbocycles. The van der Waals surface area contributed by atoms with Crippen molar-refractivity contribution in [3.63, 3.8) is 0 Å². The minimum atomic E-state index is -0.249. The van der Waals surface area contributed by atoms with Gasteiger partial charge in [-0.15, -0.1) is 5.73 Å². The molecule has 178 valence electrons. The summed E-state index contributed by atoms with van der Waals surface area (Å²) in [4.78, 5) is 15.7. The average Bonchev–Trinajstić information content (AvgIpc) is 3.48. The standard InChI is InChI=1S/C25H27N5O2.C2H6/c1-3-20-19-12-8-9-13-26-23(19)27-17-30(20)15-22-28-24(29-32-22)25(4-2)14-21(31-16-25)18-10-6-5-7-11-18;1-2/h5-7,10-11,13,17,21H,1,4,8-9,12,14-16H2,2H3;1-2H3/t21-,25+;/m1./s1. The summed E-state index contributed by atoms with van der Waals surface area (Å²) >= 11 is 0. The van der Waals surface area contributed by atoms with Gasteiger partial charge >= 0.3 is 0 Å². The Labute approximate surface area is 201 Å². The number of rotatable bonds is 5. The second-order valence-electron chi connectivity index (χ2n) is 8.46. The van der Waals surface area contributed by atoms with Crippen LogP contribution in [0.4, 0.5) is 0 Å². The van der Waals surface area contributed by atoms with Crippen LogP contribution in [0.15, 0.2) is 74.2 Å². The molecule has 7 heteroatoms. The van der Waals surface area contributed by atoms with Gasteiger partial charge in [-0.05, 0) is 37.7 Å². The highest BCUT2D eigenvalue weighted by Crippen LogP contribution is 2.44. The Balaban J connectivity index is 0.00000133. The summed E-state index contributed by atoms with van der Waals surface area (Å²) in [6, 6.07) is 10.3. The highest BCUT2D eigenvalue weighted by Gasteiger charge is 2.44. The lowest BCUT2D eigenvalue weighted by atomic mass is 9.81. The fourth-order valence-electron chi connectivity index (χ4n) is 4.59. The first-order chi connectivity index (χ1) is 16.7. The fourth-order valence-corrected chi connectivity index (χ4v) is 4.59. The fraction of sp³-hybridized carbons (Fsp3) is 0.444. The predicted molar refractivity (Wildman–Crippen MR) is 133 cm³/mol. The van der Waals surface area contributed by atoms with Gasteiger partial charge in [-0.25, -0.2) is 9.98 Å². The van der Waals surface area contributed by atoms with Gasteiger partial charge in [-0.3, -0.25) is 0 Å². The molecule has 0 amide bonds. The normalized spacial score (nSPS) is 23.8. The van der Waals surface area contributed by atoms with E-state index in [4.69, 9.17) is 14.2 Å². The Morgan fingerprint density at radius 1 is 1.21 bits per heavy atom. The topological polar surface area (TPSA) is 76.1 Å². The van der Waals surface area contributed by atoms with E-state index in [9.17, 15) is 0 Å². The van der Waals surface area contributed by atoms with Crippen molar-refractivity contribution < 1.29 is 9.26 Å². The molecule has 0 saturated carbocycles. The van der Waals surface area contributed by atoms with E-state index >= 15 is 0 Å². The van der Waals surface area contributed by atoms with Crippen LogP contribution in [0.25, 0.3) is 0 Å². The summed E-state index contributed by atoms with van der Waals surface area (Å²) in [6.45, 7) is 11.0. The zero-order valence-corrected chi connectivity index (χ0v) is 20.3. The Morgan fingerprint density at radius 3 is 2.79 bits per heavy atom. The van der Waals surface area contributed by atoms with Crippen molar-refractivity contribution in [1.82, 2.24) is 15.0 Å². The summed E-state index contributed by atoms with van der Waals surface area (Å²) in [5.74, 6) is 2.00. The minimum Gasteiger partial charge on any atom is -0.372 e. The van der Waals surface area contributed by atoms with Crippen molar-refractivity contribution >= 4 is 12.6 Å². The Morgan fingerprint density at radius 2 is 2.03 bits per heavy atom. The lowest BCUT2D eigenvalue weighted by Crippen LogP contribution is -2.28. The molecule has 0 bridgehead atoms. The van der Waals surface area contributed by atoms with Crippen molar-refractivity contribution in [3.05, 3.63) is 77.0 Å². The van der Waals surface area contributed by atoms with Crippen molar-refractivity contribution in [2.75, 3.05) is 6.61 Å². The summed E-state index contributed by atoms with van der Waals surface area (Å²) in [7, 11) is 0. The second-order valence-corrected chi connectivity index (χ2v) is 8.46. The van der Waals surface area contributed by atoms with Gasteiger partial charge in [-0.1, -0.05) is 62.8 Å². The number of aliphatic imine (C=N–C) groups is 2. The van der Waals surface area contributed by atoms with E-state index in [-0.39, 0.29) is 11.5 Å². The van der Waals surface area contributed by atoms with Crippen LogP contribution in [0, 0.1) is 0 Å². The van der Waals surface area contributed by atoms with Crippen LogP contribution in [-0.2, 0) is 16.7 Å². The van der Waals surface area contributed by atoms with Crippen LogP contribution in [0.3, 0.4) is 0 Å². The van der Waals surface area contributed by atoms with Crippen LogP contribution in [0.1, 0.15) is 76.3 Å². The molecule has 0 spiro atoms. The maximum absolute atomic E-state index is 6.17. The van der Waals surface area contributed by atoms with Crippen LogP contribution in [0.5, 0.6) is 0 Å². The summed E-state index contributed by atoms with van der Waals surface area (Å²) in [5.41, 5.74) is 5.95. The molecule has 2 atom stereocenters. The van der Waals surface area contributed by atoms with E-state index in [1.54, 1.807) is 6.34 Å². The van der Waals surface area contributed by atoms with Crippen molar-refractivity contribution in [2.24, 2.45) is 9.98 Å². The quantitative estimate of drug-likeness (QED) is 0.522. The predicted octanol–water partition coefficient (Wildman–Crippen LogP) is 5.88. The lowest BCUT2D eigenvalue weighted by Gasteiger charge is -2.25. The number of benzene rings is 1. The van der Waals surface area contributed by atoms with Crippen molar-refractivity contribution in [3.8, 4) is 0 Å². The van der Waals surface area contributed by atoms with E-state index in [0.29, 0.717) is 24.9 Å². The molecule has 1 saturated heterocycles. The Bertz CT molecular complexity index is 1130. The molecule has 1 aromatic heterocycles. The number of hydrogen-bond donors (Lipinski definition) is 0. The molecule has 0 unspecified atom stereocenters. The number of nitrogens with zero attached hydrogens (tertiary/aromatic N) is 5. The van der Waals surface area contributed by atoms with Crippen LogP contribution < -0.4 is 0 Å². The van der Waals surface area contributed by atoms with Gasteiger partial charge in [0.15, 0.2) is 11.6 Å². The smallest absolute Gasteiger partial charge is 0.246 e. The van der Waals surface area contributed by atoms with Crippen LogP contribution in [0.2, 0.25) is 0 Å². The molecule has 1 aromatic carbocycles. The third-order valence-electron chi connectivity index (χ3n) is 6.54. The van der Waals surface area contributed by atoms with E-state index < -0.39 is 0 Å². The van der Waals surface area contributed by atoms with E-state index in [1.165, 1.54) is 5.56 Å². The lowest BCUT2D eigenvalue weighted by molar-refractivity contribution is 0.103. The van der Waals surface area contributed by atoms with Crippen LogP contribution >= 0.6 is 0 Å². The molecule has 3 aliphatic rings. The summed E-state index contributed by atoms with van der Waals surface area (Å²) in [5, 5.41) is 4.36. The SMILES string of the molecule is C=C=C1C2=C(N=CCCC2)N=CN1Cc1nc([C@]2(CC)CO[C@@H](c3ccccc3)C2)no1.CC. The summed E-state index contributed by atoms with van der Waals surface area (Å²) < 4.78 is 11.8. The van der Waals surface area contributed by atoms with Gasteiger partial charge in [0.1, 0.15) is 6.54 Å². The zero-order chi connectivity index (χ0) is 24.0. The molecule has 0 N–H and O–H groups in total. The number of aromatic nitrogens is 2. The second kappa shape index (κ2) is 10.8. The van der Waals surface area contributed by atoms with Crippen molar-refractivity contribution in [2.45, 2.75) is 70.9 Å². The number of ether oxygens (including phenoxy) is 1. The maximum Gasteiger partial charge on any atom is 0.246 e. The highest BCUT2D eigenvalue weighted by atomic mass is 16.5. The monoisotopic (exact) mass is 459 g/mol. The number of allylic oxidation sites excluding steroid dienone is 1. The van der Waals surface area contributed by atoms with Gasteiger partial charge in [0.2, 0.25) is 5.89 Å². The third kappa shape index (κ3) is 4.67. The van der Waals surface area contributed by atoms with Gasteiger partial charge < -0.3 is 14.2 Å². The van der Waals surface area contributed by atoms with E-state index in [1.807, 2.05) is 43.2 Å². The van der Waals surface area contributed by atoms with Gasteiger partial charge in [0.05, 0.1) is 30.2 Å². The molecular weight excluding hydrogens is 426 g/mol. The van der Waals surface area contributed by atoms with E-state index in [2.05, 4.69) is 46.5 Å². The average molecular weight is 460 g/mol. The Hall–Kier alpha value is -3.28. The molecular formula is C27H33N5O2. The molecule has 7 nitrogen and oxygen atoms in total.